The second-order valence-electron chi connectivity index (χ2n) is 3.77. The standard InChI is InChI=1S/C12H14FN3S/c1-16-7-11(6-15-16)17-8-10-4-9(5-14)2-3-12(10)13/h2-4,6-7H,5,8,14H2,1H3. The van der Waals surface area contributed by atoms with Gasteiger partial charge in [-0.1, -0.05) is 12.1 Å². The summed E-state index contributed by atoms with van der Waals surface area (Å²) in [6.45, 7) is 0.435. The van der Waals surface area contributed by atoms with Crippen LogP contribution >= 0.6 is 11.8 Å². The molecule has 0 aliphatic carbocycles. The molecule has 0 spiro atoms. The highest BCUT2D eigenvalue weighted by molar-refractivity contribution is 7.98. The van der Waals surface area contributed by atoms with Gasteiger partial charge in [-0.05, 0) is 17.2 Å². The van der Waals surface area contributed by atoms with Gasteiger partial charge >= 0.3 is 0 Å². The van der Waals surface area contributed by atoms with Crippen molar-refractivity contribution in [1.29, 1.82) is 0 Å². The molecule has 0 fully saturated rings. The van der Waals surface area contributed by atoms with E-state index >= 15 is 0 Å². The van der Waals surface area contributed by atoms with E-state index in [1.807, 2.05) is 19.3 Å². The number of aromatic nitrogens is 2. The average molecular weight is 251 g/mol. The van der Waals surface area contributed by atoms with Crippen molar-refractivity contribution in [2.75, 3.05) is 0 Å². The lowest BCUT2D eigenvalue weighted by molar-refractivity contribution is 0.616. The zero-order chi connectivity index (χ0) is 12.3. The molecule has 2 rings (SSSR count). The third-order valence-corrected chi connectivity index (χ3v) is 3.42. The third kappa shape index (κ3) is 3.08. The number of aryl methyl sites for hydroxylation is 1. The summed E-state index contributed by atoms with van der Waals surface area (Å²) in [5.74, 6) is 0.407. The molecule has 0 amide bonds. The van der Waals surface area contributed by atoms with Crippen molar-refractivity contribution in [2.45, 2.75) is 17.2 Å². The molecular weight excluding hydrogens is 237 g/mol. The van der Waals surface area contributed by atoms with Crippen LogP contribution in [0.15, 0.2) is 35.5 Å². The Kier molecular flexibility index (Phi) is 3.81. The second-order valence-corrected chi connectivity index (χ2v) is 4.82. The zero-order valence-corrected chi connectivity index (χ0v) is 10.4. The van der Waals surface area contributed by atoms with Gasteiger partial charge in [0.25, 0.3) is 0 Å². The maximum absolute atomic E-state index is 13.5. The van der Waals surface area contributed by atoms with Crippen molar-refractivity contribution < 1.29 is 4.39 Å². The van der Waals surface area contributed by atoms with E-state index in [9.17, 15) is 4.39 Å². The molecule has 5 heteroatoms. The molecular formula is C12H14FN3S. The molecule has 0 aliphatic rings. The fourth-order valence-electron chi connectivity index (χ4n) is 1.50. The first kappa shape index (κ1) is 12.1. The van der Waals surface area contributed by atoms with E-state index in [0.717, 1.165) is 10.5 Å². The molecule has 90 valence electrons. The fourth-order valence-corrected chi connectivity index (χ4v) is 2.39. The highest BCUT2D eigenvalue weighted by Gasteiger charge is 2.05. The van der Waals surface area contributed by atoms with E-state index in [2.05, 4.69) is 5.10 Å². The van der Waals surface area contributed by atoms with Crippen molar-refractivity contribution in [3.05, 3.63) is 47.5 Å². The Hall–Kier alpha value is -1.33. The van der Waals surface area contributed by atoms with Crippen molar-refractivity contribution in [3.63, 3.8) is 0 Å². The maximum Gasteiger partial charge on any atom is 0.127 e. The summed E-state index contributed by atoms with van der Waals surface area (Å²) in [4.78, 5) is 1.03. The Morgan fingerprint density at radius 2 is 2.29 bits per heavy atom. The number of nitrogens with two attached hydrogens (primary N) is 1. The molecule has 1 heterocycles. The highest BCUT2D eigenvalue weighted by Crippen LogP contribution is 2.24. The monoisotopic (exact) mass is 251 g/mol. The van der Waals surface area contributed by atoms with Gasteiger partial charge in [0.2, 0.25) is 0 Å². The van der Waals surface area contributed by atoms with Crippen LogP contribution in [-0.4, -0.2) is 9.78 Å². The molecule has 0 saturated carbocycles. The second kappa shape index (κ2) is 5.33. The van der Waals surface area contributed by atoms with Gasteiger partial charge in [0, 0.05) is 30.4 Å². The lowest BCUT2D eigenvalue weighted by Gasteiger charge is -2.04. The van der Waals surface area contributed by atoms with Crippen LogP contribution in [0.1, 0.15) is 11.1 Å². The summed E-state index contributed by atoms with van der Waals surface area (Å²) in [6.07, 6.45) is 3.69. The molecule has 1 aromatic carbocycles. The van der Waals surface area contributed by atoms with Gasteiger partial charge in [-0.25, -0.2) is 4.39 Å². The van der Waals surface area contributed by atoms with E-state index in [-0.39, 0.29) is 5.82 Å². The first-order chi connectivity index (χ1) is 8.19. The molecule has 17 heavy (non-hydrogen) atoms. The third-order valence-electron chi connectivity index (χ3n) is 2.42. The molecule has 0 atom stereocenters. The summed E-state index contributed by atoms with van der Waals surface area (Å²) in [6, 6.07) is 5.01. The van der Waals surface area contributed by atoms with E-state index < -0.39 is 0 Å². The van der Waals surface area contributed by atoms with Crippen LogP contribution in [0.4, 0.5) is 4.39 Å². The molecule has 2 N–H and O–H groups in total. The highest BCUT2D eigenvalue weighted by atomic mass is 32.2. The zero-order valence-electron chi connectivity index (χ0n) is 9.56. The van der Waals surface area contributed by atoms with Gasteiger partial charge in [0.15, 0.2) is 0 Å². The first-order valence-electron chi connectivity index (χ1n) is 5.28. The number of hydrogen-bond acceptors (Lipinski definition) is 3. The minimum atomic E-state index is -0.182. The number of hydrogen-bond donors (Lipinski definition) is 1. The molecule has 0 unspecified atom stereocenters. The summed E-state index contributed by atoms with van der Waals surface area (Å²) in [5, 5.41) is 4.07. The van der Waals surface area contributed by atoms with Crippen LogP contribution in [0, 0.1) is 5.82 Å². The number of benzene rings is 1. The molecule has 3 nitrogen and oxygen atoms in total. The Morgan fingerprint density at radius 1 is 1.47 bits per heavy atom. The Labute approximate surface area is 104 Å². The van der Waals surface area contributed by atoms with E-state index in [1.54, 1.807) is 28.7 Å². The largest absolute Gasteiger partial charge is 0.326 e. The molecule has 0 saturated heterocycles. The van der Waals surface area contributed by atoms with Crippen molar-refractivity contribution in [2.24, 2.45) is 12.8 Å². The topological polar surface area (TPSA) is 43.8 Å². The summed E-state index contributed by atoms with van der Waals surface area (Å²) < 4.78 is 15.3. The minimum Gasteiger partial charge on any atom is -0.326 e. The maximum atomic E-state index is 13.5. The summed E-state index contributed by atoms with van der Waals surface area (Å²) in [5.41, 5.74) is 7.17. The van der Waals surface area contributed by atoms with Crippen molar-refractivity contribution >= 4 is 11.8 Å². The van der Waals surface area contributed by atoms with Crippen LogP contribution < -0.4 is 5.73 Å². The van der Waals surface area contributed by atoms with Crippen LogP contribution in [-0.2, 0) is 19.3 Å². The Bertz CT molecular complexity index is 510. The van der Waals surface area contributed by atoms with Crippen LogP contribution in [0.3, 0.4) is 0 Å². The normalized spacial score (nSPS) is 10.8. The first-order valence-corrected chi connectivity index (χ1v) is 6.26. The summed E-state index contributed by atoms with van der Waals surface area (Å²) in [7, 11) is 1.86. The lowest BCUT2D eigenvalue weighted by Crippen LogP contribution is -1.98. The lowest BCUT2D eigenvalue weighted by atomic mass is 10.1. The number of halogens is 1. The van der Waals surface area contributed by atoms with E-state index in [0.29, 0.717) is 17.9 Å². The van der Waals surface area contributed by atoms with Gasteiger partial charge in [-0.2, -0.15) is 5.10 Å². The Balaban J connectivity index is 2.07. The molecule has 2 aromatic rings. The van der Waals surface area contributed by atoms with E-state index in [1.165, 1.54) is 6.07 Å². The average Bonchev–Trinajstić information content (AvgIpc) is 2.74. The fraction of sp³-hybridized carbons (Fsp3) is 0.250. The van der Waals surface area contributed by atoms with Crippen LogP contribution in [0.2, 0.25) is 0 Å². The predicted octanol–water partition coefficient (Wildman–Crippen LogP) is 2.31. The molecule has 1 aromatic heterocycles. The predicted molar refractivity (Wildman–Crippen MR) is 67.1 cm³/mol. The van der Waals surface area contributed by atoms with Gasteiger partial charge in [-0.3, -0.25) is 4.68 Å². The van der Waals surface area contributed by atoms with Gasteiger partial charge in [0.05, 0.1) is 6.20 Å². The SMILES string of the molecule is Cn1cc(SCc2cc(CN)ccc2F)cn1. The van der Waals surface area contributed by atoms with Crippen molar-refractivity contribution in [3.8, 4) is 0 Å². The number of nitrogens with zero attached hydrogens (tertiary/aromatic N) is 2. The van der Waals surface area contributed by atoms with Crippen molar-refractivity contribution in [1.82, 2.24) is 9.78 Å². The molecule has 0 radical (unpaired) electrons. The molecule has 0 aliphatic heterocycles. The van der Waals surface area contributed by atoms with Gasteiger partial charge in [-0.15, -0.1) is 11.8 Å². The summed E-state index contributed by atoms with van der Waals surface area (Å²) >= 11 is 1.56. The van der Waals surface area contributed by atoms with E-state index in [4.69, 9.17) is 5.73 Å². The minimum absolute atomic E-state index is 0.182. The quantitative estimate of drug-likeness (QED) is 0.848. The number of thioether (sulfide) groups is 1. The number of rotatable bonds is 4. The van der Waals surface area contributed by atoms with Gasteiger partial charge in [0.1, 0.15) is 5.82 Å². The Morgan fingerprint density at radius 3 is 2.94 bits per heavy atom. The van der Waals surface area contributed by atoms with Crippen LogP contribution in [0.25, 0.3) is 0 Å². The smallest absolute Gasteiger partial charge is 0.127 e. The van der Waals surface area contributed by atoms with Gasteiger partial charge < -0.3 is 5.73 Å². The molecule has 0 bridgehead atoms. The van der Waals surface area contributed by atoms with Crippen LogP contribution in [0.5, 0.6) is 0 Å².